The number of carbonyl (C=O) groups excluding carboxylic acids is 2. The molecule has 38 heavy (non-hydrogen) atoms. The molecule has 9 heteroatoms. The lowest BCUT2D eigenvalue weighted by atomic mass is 10.0. The molecule has 0 bridgehead atoms. The van der Waals surface area contributed by atoms with E-state index in [1.807, 2.05) is 54.6 Å². The van der Waals surface area contributed by atoms with Crippen molar-refractivity contribution in [2.24, 2.45) is 0 Å². The summed E-state index contributed by atoms with van der Waals surface area (Å²) in [5, 5.41) is 12.3. The first-order valence-electron chi connectivity index (χ1n) is 12.6. The van der Waals surface area contributed by atoms with Crippen molar-refractivity contribution in [2.75, 3.05) is 36.5 Å². The third-order valence-corrected chi connectivity index (χ3v) is 6.97. The van der Waals surface area contributed by atoms with Crippen LogP contribution in [0.1, 0.15) is 24.8 Å². The van der Waals surface area contributed by atoms with Crippen LogP contribution in [0.15, 0.2) is 72.8 Å². The Morgan fingerprint density at radius 3 is 2.47 bits per heavy atom. The van der Waals surface area contributed by atoms with E-state index in [9.17, 15) is 14.7 Å². The first kappa shape index (κ1) is 27.4. The van der Waals surface area contributed by atoms with Gasteiger partial charge >= 0.3 is 6.09 Å². The summed E-state index contributed by atoms with van der Waals surface area (Å²) in [7, 11) is 1.50. The Hall–Kier alpha value is -3.59. The summed E-state index contributed by atoms with van der Waals surface area (Å²) in [5.74, 6) is 0.235. The van der Waals surface area contributed by atoms with Crippen molar-refractivity contribution in [1.82, 2.24) is 4.90 Å². The number of hydrogen-bond acceptors (Lipinski definition) is 6. The minimum atomic E-state index is -0.470. The number of rotatable bonds is 9. The smallest absolute Gasteiger partial charge is 0.411 e. The van der Waals surface area contributed by atoms with Crippen LogP contribution in [0, 0.1) is 0 Å². The molecular formula is C29H32ClN3O5. The fourth-order valence-electron chi connectivity index (χ4n) is 4.48. The summed E-state index contributed by atoms with van der Waals surface area (Å²) in [4.78, 5) is 27.4. The number of piperidine rings is 1. The molecule has 1 fully saturated rings. The van der Waals surface area contributed by atoms with Crippen molar-refractivity contribution in [3.05, 3.63) is 78.4 Å². The topological polar surface area (TPSA) is 91.3 Å². The zero-order chi connectivity index (χ0) is 26.9. The van der Waals surface area contributed by atoms with Crippen LogP contribution in [0.4, 0.5) is 16.2 Å². The van der Waals surface area contributed by atoms with E-state index in [1.54, 1.807) is 18.2 Å². The fraction of sp³-hybridized carbons (Fsp3) is 0.310. The lowest BCUT2D eigenvalue weighted by molar-refractivity contribution is -0.117. The Morgan fingerprint density at radius 1 is 1.05 bits per heavy atom. The molecule has 0 saturated carbocycles. The van der Waals surface area contributed by atoms with Crippen molar-refractivity contribution >= 4 is 35.2 Å². The van der Waals surface area contributed by atoms with Gasteiger partial charge in [0.15, 0.2) is 0 Å². The monoisotopic (exact) mass is 537 g/mol. The predicted octanol–water partition coefficient (Wildman–Crippen LogP) is 5.44. The molecule has 1 aliphatic heterocycles. The van der Waals surface area contributed by atoms with Gasteiger partial charge in [-0.15, -0.1) is 0 Å². The molecule has 0 unspecified atom stereocenters. The number of methoxy groups -OCH3 is 1. The SMILES string of the molecule is COc1cc(N(Cl)C(=O)CCN2CCC(OC(=O)Nc3ccccc3-c3ccccc3)CC2)ccc1CO. The third-order valence-electron chi connectivity index (χ3n) is 6.59. The largest absolute Gasteiger partial charge is 0.496 e. The fourth-order valence-corrected chi connectivity index (χ4v) is 4.67. The number of aliphatic hydroxyl groups is 1. The Kier molecular flexibility index (Phi) is 9.59. The van der Waals surface area contributed by atoms with Crippen LogP contribution in [-0.2, 0) is 16.1 Å². The zero-order valence-electron chi connectivity index (χ0n) is 21.3. The standard InChI is InChI=1S/C29H32ClN3O5/c1-37-27-19-23(12-11-22(27)20-34)33(30)28(35)15-18-32-16-13-24(14-17-32)38-29(36)31-26-10-6-5-9-25(26)21-7-3-2-4-8-21/h2-12,19,24,34H,13-18,20H2,1H3,(H,31,36). The van der Waals surface area contributed by atoms with Crippen molar-refractivity contribution in [3.63, 3.8) is 0 Å². The van der Waals surface area contributed by atoms with E-state index < -0.39 is 6.09 Å². The molecule has 0 atom stereocenters. The average molecular weight is 538 g/mol. The van der Waals surface area contributed by atoms with Gasteiger partial charge in [0.05, 0.1) is 25.1 Å². The second kappa shape index (κ2) is 13.3. The Morgan fingerprint density at radius 2 is 1.76 bits per heavy atom. The molecule has 1 heterocycles. The first-order chi connectivity index (χ1) is 18.5. The van der Waals surface area contributed by atoms with Crippen LogP contribution in [-0.4, -0.2) is 54.9 Å². The number of carbonyl (C=O) groups is 2. The van der Waals surface area contributed by atoms with E-state index >= 15 is 0 Å². The number of aliphatic hydroxyl groups excluding tert-OH is 1. The molecule has 0 aliphatic carbocycles. The highest BCUT2D eigenvalue weighted by molar-refractivity contribution is 6.36. The molecule has 4 rings (SSSR count). The maximum absolute atomic E-state index is 12.7. The summed E-state index contributed by atoms with van der Waals surface area (Å²) < 4.78 is 12.0. The molecule has 8 nitrogen and oxygen atoms in total. The lowest BCUT2D eigenvalue weighted by Gasteiger charge is -2.31. The van der Waals surface area contributed by atoms with Crippen LogP contribution in [0.25, 0.3) is 11.1 Å². The highest BCUT2D eigenvalue weighted by Crippen LogP contribution is 2.29. The summed E-state index contributed by atoms with van der Waals surface area (Å²) >= 11 is 6.28. The molecule has 3 aromatic rings. The highest BCUT2D eigenvalue weighted by Gasteiger charge is 2.24. The van der Waals surface area contributed by atoms with Gasteiger partial charge in [-0.2, -0.15) is 0 Å². The summed E-state index contributed by atoms with van der Waals surface area (Å²) in [6.07, 6.45) is 0.962. The van der Waals surface area contributed by atoms with E-state index in [0.29, 0.717) is 55.2 Å². The number of anilines is 2. The molecule has 2 amide bonds. The molecule has 0 spiro atoms. The second-order valence-corrected chi connectivity index (χ2v) is 9.40. The molecule has 0 radical (unpaired) electrons. The average Bonchev–Trinajstić information content (AvgIpc) is 2.96. The minimum absolute atomic E-state index is 0.165. The van der Waals surface area contributed by atoms with Gasteiger partial charge in [-0.1, -0.05) is 54.6 Å². The van der Waals surface area contributed by atoms with Crippen LogP contribution >= 0.6 is 11.8 Å². The minimum Gasteiger partial charge on any atom is -0.496 e. The lowest BCUT2D eigenvalue weighted by Crippen LogP contribution is -2.40. The van der Waals surface area contributed by atoms with Crippen molar-refractivity contribution in [1.29, 1.82) is 0 Å². The summed E-state index contributed by atoms with van der Waals surface area (Å²) in [5.41, 5.74) is 3.75. The number of ether oxygens (including phenoxy) is 2. The number of hydrogen-bond donors (Lipinski definition) is 2. The highest BCUT2D eigenvalue weighted by atomic mass is 35.5. The molecule has 2 N–H and O–H groups in total. The van der Waals surface area contributed by atoms with Gasteiger partial charge < -0.3 is 19.5 Å². The quantitative estimate of drug-likeness (QED) is 0.353. The summed E-state index contributed by atoms with van der Waals surface area (Å²) in [6.45, 7) is 1.82. The maximum atomic E-state index is 12.7. The van der Waals surface area contributed by atoms with Crippen molar-refractivity contribution in [2.45, 2.75) is 32.0 Å². The number of nitrogens with one attached hydrogen (secondary N) is 1. The number of benzene rings is 3. The predicted molar refractivity (Wildman–Crippen MR) is 148 cm³/mol. The molecule has 0 aromatic heterocycles. The van der Waals surface area contributed by atoms with Gasteiger partial charge in [-0.3, -0.25) is 10.1 Å². The van der Waals surface area contributed by atoms with E-state index in [2.05, 4.69) is 10.2 Å². The van der Waals surface area contributed by atoms with Gasteiger partial charge in [0, 0.05) is 55.0 Å². The van der Waals surface area contributed by atoms with Crippen molar-refractivity contribution < 1.29 is 24.2 Å². The zero-order valence-corrected chi connectivity index (χ0v) is 22.1. The third kappa shape index (κ3) is 7.04. The second-order valence-electron chi connectivity index (χ2n) is 9.06. The van der Waals surface area contributed by atoms with Crippen LogP contribution in [0.5, 0.6) is 5.75 Å². The van der Waals surface area contributed by atoms with Gasteiger partial charge in [0.2, 0.25) is 5.91 Å². The number of amides is 2. The Labute approximate surface area is 227 Å². The summed E-state index contributed by atoms with van der Waals surface area (Å²) in [6, 6.07) is 22.5. The van der Waals surface area contributed by atoms with Crippen LogP contribution in [0.2, 0.25) is 0 Å². The molecular weight excluding hydrogens is 506 g/mol. The van der Waals surface area contributed by atoms with Gasteiger partial charge in [-0.05, 0) is 30.5 Å². The van der Waals surface area contributed by atoms with E-state index in [0.717, 1.165) is 15.5 Å². The van der Waals surface area contributed by atoms with Crippen molar-refractivity contribution in [3.8, 4) is 16.9 Å². The number of likely N-dealkylation sites (tertiary alicyclic amines) is 1. The molecule has 200 valence electrons. The first-order valence-corrected chi connectivity index (χ1v) is 12.9. The van der Waals surface area contributed by atoms with E-state index in [4.69, 9.17) is 21.3 Å². The molecule has 1 saturated heterocycles. The van der Waals surface area contributed by atoms with Crippen LogP contribution in [0.3, 0.4) is 0 Å². The molecule has 1 aliphatic rings. The van der Waals surface area contributed by atoms with Gasteiger partial charge in [0.1, 0.15) is 11.9 Å². The normalized spacial score (nSPS) is 14.1. The number of nitrogens with zero attached hydrogens (tertiary/aromatic N) is 2. The van der Waals surface area contributed by atoms with Gasteiger partial charge in [-0.25, -0.2) is 9.21 Å². The number of para-hydroxylation sites is 1. The maximum Gasteiger partial charge on any atom is 0.411 e. The van der Waals surface area contributed by atoms with Crippen LogP contribution < -0.4 is 14.5 Å². The van der Waals surface area contributed by atoms with Gasteiger partial charge in [0.25, 0.3) is 0 Å². The molecule has 3 aromatic carbocycles. The Balaban J connectivity index is 1.22. The van der Waals surface area contributed by atoms with E-state index in [-0.39, 0.29) is 25.0 Å². The van der Waals surface area contributed by atoms with E-state index in [1.165, 1.54) is 7.11 Å². The number of halogens is 1. The Bertz CT molecular complexity index is 1230.